The molecule has 27 heavy (non-hydrogen) atoms. The van der Waals surface area contributed by atoms with E-state index < -0.39 is 0 Å². The van der Waals surface area contributed by atoms with Crippen LogP contribution >= 0.6 is 15.9 Å². The van der Waals surface area contributed by atoms with Crippen LogP contribution in [0.4, 0.5) is 11.6 Å². The van der Waals surface area contributed by atoms with Gasteiger partial charge in [0.2, 0.25) is 0 Å². The zero-order valence-corrected chi connectivity index (χ0v) is 17.4. The number of hydrogen-bond donors (Lipinski definition) is 0. The molecule has 2 aromatic rings. The number of benzene rings is 1. The number of aryl methyl sites for hydroxylation is 1. The Morgan fingerprint density at radius 2 is 1.56 bits per heavy atom. The molecule has 1 aromatic carbocycles. The zero-order valence-electron chi connectivity index (χ0n) is 15.8. The van der Waals surface area contributed by atoms with Crippen LogP contribution in [0, 0.1) is 6.92 Å². The molecule has 1 aromatic heterocycles. The molecule has 2 saturated heterocycles. The van der Waals surface area contributed by atoms with E-state index in [2.05, 4.69) is 65.9 Å². The van der Waals surface area contributed by atoms with E-state index in [0.29, 0.717) is 0 Å². The molecule has 4 rings (SSSR count). The van der Waals surface area contributed by atoms with Crippen molar-refractivity contribution in [3.05, 3.63) is 46.2 Å². The Kier molecular flexibility index (Phi) is 5.90. The normalized spacial score (nSPS) is 18.7. The molecule has 3 heterocycles. The summed E-state index contributed by atoms with van der Waals surface area (Å²) in [7, 11) is 0. The van der Waals surface area contributed by atoms with Crippen LogP contribution in [-0.4, -0.2) is 67.4 Å². The van der Waals surface area contributed by atoms with Crippen molar-refractivity contribution >= 4 is 27.6 Å². The number of ether oxygens (including phenoxy) is 1. The maximum atomic E-state index is 5.46. The molecule has 7 heteroatoms. The van der Waals surface area contributed by atoms with Gasteiger partial charge in [0.25, 0.3) is 0 Å². The minimum Gasteiger partial charge on any atom is -0.378 e. The molecular weight excluding hydrogens is 406 g/mol. The molecule has 0 N–H and O–H groups in total. The van der Waals surface area contributed by atoms with E-state index in [0.717, 1.165) is 76.5 Å². The van der Waals surface area contributed by atoms with Gasteiger partial charge in [0, 0.05) is 56.4 Å². The van der Waals surface area contributed by atoms with Crippen LogP contribution in [0.15, 0.2) is 34.8 Å². The molecule has 2 aliphatic heterocycles. The molecule has 6 nitrogen and oxygen atoms in total. The minimum absolute atomic E-state index is 0.770. The second kappa shape index (κ2) is 8.54. The van der Waals surface area contributed by atoms with E-state index in [1.807, 2.05) is 6.92 Å². The minimum atomic E-state index is 0.770. The lowest BCUT2D eigenvalue weighted by molar-refractivity contribution is 0.122. The number of aromatic nitrogens is 2. The predicted molar refractivity (Wildman–Crippen MR) is 111 cm³/mol. The second-order valence-corrected chi connectivity index (χ2v) is 7.94. The van der Waals surface area contributed by atoms with Crippen LogP contribution < -0.4 is 9.80 Å². The molecule has 0 unspecified atom stereocenters. The summed E-state index contributed by atoms with van der Waals surface area (Å²) in [6.45, 7) is 10.4. The lowest BCUT2D eigenvalue weighted by Crippen LogP contribution is -2.46. The third kappa shape index (κ3) is 4.59. The fraction of sp³-hybridized carbons (Fsp3) is 0.500. The van der Waals surface area contributed by atoms with Crippen molar-refractivity contribution in [1.82, 2.24) is 14.9 Å². The van der Waals surface area contributed by atoms with Gasteiger partial charge < -0.3 is 14.5 Å². The third-order valence-corrected chi connectivity index (χ3v) is 5.97. The molecule has 0 amide bonds. The van der Waals surface area contributed by atoms with Crippen LogP contribution in [0.25, 0.3) is 0 Å². The fourth-order valence-corrected chi connectivity index (χ4v) is 4.07. The average molecular weight is 432 g/mol. The van der Waals surface area contributed by atoms with Crippen LogP contribution in [-0.2, 0) is 11.3 Å². The number of nitrogens with zero attached hydrogens (tertiary/aromatic N) is 5. The Morgan fingerprint density at radius 1 is 0.926 bits per heavy atom. The number of halogens is 1. The summed E-state index contributed by atoms with van der Waals surface area (Å²) in [5.74, 6) is 2.91. The van der Waals surface area contributed by atoms with E-state index >= 15 is 0 Å². The molecule has 2 fully saturated rings. The smallest absolute Gasteiger partial charge is 0.134 e. The highest BCUT2D eigenvalue weighted by Crippen LogP contribution is 2.23. The van der Waals surface area contributed by atoms with E-state index in [-0.39, 0.29) is 0 Å². The summed E-state index contributed by atoms with van der Waals surface area (Å²) in [5, 5.41) is 0. The van der Waals surface area contributed by atoms with Crippen LogP contribution in [0.1, 0.15) is 11.4 Å². The fourth-order valence-electron chi connectivity index (χ4n) is 3.66. The van der Waals surface area contributed by atoms with Gasteiger partial charge in [0.05, 0.1) is 13.2 Å². The molecule has 2 aliphatic rings. The molecule has 0 bridgehead atoms. The Bertz CT molecular complexity index is 773. The monoisotopic (exact) mass is 431 g/mol. The quantitative estimate of drug-likeness (QED) is 0.741. The van der Waals surface area contributed by atoms with Gasteiger partial charge in [-0.2, -0.15) is 0 Å². The first kappa shape index (κ1) is 18.7. The molecule has 0 aliphatic carbocycles. The van der Waals surface area contributed by atoms with Crippen molar-refractivity contribution < 1.29 is 4.74 Å². The maximum absolute atomic E-state index is 5.46. The second-order valence-electron chi connectivity index (χ2n) is 7.09. The summed E-state index contributed by atoms with van der Waals surface area (Å²) in [6, 6.07) is 10.6. The maximum Gasteiger partial charge on any atom is 0.134 e. The highest BCUT2D eigenvalue weighted by atomic mass is 79.9. The summed E-state index contributed by atoms with van der Waals surface area (Å²) in [4.78, 5) is 16.5. The van der Waals surface area contributed by atoms with E-state index in [1.165, 1.54) is 10.0 Å². The number of anilines is 2. The van der Waals surface area contributed by atoms with E-state index in [1.54, 1.807) is 0 Å². The zero-order chi connectivity index (χ0) is 18.6. The Hall–Kier alpha value is -1.70. The molecular formula is C20H26BrN5O. The van der Waals surface area contributed by atoms with Crippen molar-refractivity contribution in [3.8, 4) is 0 Å². The van der Waals surface area contributed by atoms with Crippen molar-refractivity contribution in [2.75, 3.05) is 62.3 Å². The van der Waals surface area contributed by atoms with Crippen LogP contribution in [0.5, 0.6) is 0 Å². The van der Waals surface area contributed by atoms with Crippen molar-refractivity contribution in [3.63, 3.8) is 0 Å². The average Bonchev–Trinajstić information content (AvgIpc) is 2.70. The Balaban J connectivity index is 1.40. The molecule has 0 atom stereocenters. The molecule has 0 radical (unpaired) electrons. The van der Waals surface area contributed by atoms with Crippen LogP contribution in [0.3, 0.4) is 0 Å². The number of morpholine rings is 1. The van der Waals surface area contributed by atoms with Gasteiger partial charge in [-0.3, -0.25) is 4.90 Å². The largest absolute Gasteiger partial charge is 0.378 e. The van der Waals surface area contributed by atoms with Crippen LogP contribution in [0.2, 0.25) is 0 Å². The first-order chi connectivity index (χ1) is 13.2. The standard InChI is InChI=1S/C20H26BrN5O/c1-16-22-19(14-20(23-16)26-10-12-27-13-11-26)25-8-6-24(7-9-25)15-17-4-2-3-5-18(17)21/h2-5,14H,6-13,15H2,1H3. The molecule has 0 saturated carbocycles. The van der Waals surface area contributed by atoms with Gasteiger partial charge in [0.1, 0.15) is 17.5 Å². The molecule has 0 spiro atoms. The van der Waals surface area contributed by atoms with Gasteiger partial charge in [-0.25, -0.2) is 9.97 Å². The topological polar surface area (TPSA) is 44.7 Å². The van der Waals surface area contributed by atoms with Gasteiger partial charge in [0.15, 0.2) is 0 Å². The Morgan fingerprint density at radius 3 is 2.22 bits per heavy atom. The first-order valence-electron chi connectivity index (χ1n) is 9.58. The van der Waals surface area contributed by atoms with Crippen molar-refractivity contribution in [1.29, 1.82) is 0 Å². The summed E-state index contributed by atoms with van der Waals surface area (Å²) < 4.78 is 6.65. The van der Waals surface area contributed by atoms with Gasteiger partial charge in [-0.05, 0) is 18.6 Å². The van der Waals surface area contributed by atoms with E-state index in [9.17, 15) is 0 Å². The summed E-state index contributed by atoms with van der Waals surface area (Å²) in [5.41, 5.74) is 1.35. The lowest BCUT2D eigenvalue weighted by atomic mass is 10.2. The first-order valence-corrected chi connectivity index (χ1v) is 10.4. The number of hydrogen-bond acceptors (Lipinski definition) is 6. The summed E-state index contributed by atoms with van der Waals surface area (Å²) in [6.07, 6.45) is 0. The highest BCUT2D eigenvalue weighted by molar-refractivity contribution is 9.10. The third-order valence-electron chi connectivity index (χ3n) is 5.19. The highest BCUT2D eigenvalue weighted by Gasteiger charge is 2.21. The predicted octanol–water partition coefficient (Wildman–Crippen LogP) is 2.71. The van der Waals surface area contributed by atoms with Gasteiger partial charge in [-0.15, -0.1) is 0 Å². The lowest BCUT2D eigenvalue weighted by Gasteiger charge is -2.36. The SMILES string of the molecule is Cc1nc(N2CCOCC2)cc(N2CCN(Cc3ccccc3Br)CC2)n1. The summed E-state index contributed by atoms with van der Waals surface area (Å²) >= 11 is 3.66. The Labute approximate surface area is 169 Å². The van der Waals surface area contributed by atoms with Crippen molar-refractivity contribution in [2.24, 2.45) is 0 Å². The number of rotatable bonds is 4. The van der Waals surface area contributed by atoms with Gasteiger partial charge in [-0.1, -0.05) is 34.1 Å². The van der Waals surface area contributed by atoms with E-state index in [4.69, 9.17) is 9.72 Å². The number of piperazine rings is 1. The molecule has 144 valence electrons. The van der Waals surface area contributed by atoms with Gasteiger partial charge >= 0.3 is 0 Å². The van der Waals surface area contributed by atoms with Crippen molar-refractivity contribution in [2.45, 2.75) is 13.5 Å².